The molecule has 0 saturated carbocycles. The lowest BCUT2D eigenvalue weighted by atomic mass is 10.3. The van der Waals surface area contributed by atoms with Crippen molar-refractivity contribution in [1.82, 2.24) is 4.90 Å². The highest BCUT2D eigenvalue weighted by atomic mass is 35.5. The summed E-state index contributed by atoms with van der Waals surface area (Å²) in [5.41, 5.74) is 0.467. The molecule has 2 rings (SSSR count). The van der Waals surface area contributed by atoms with Crippen molar-refractivity contribution in [2.45, 2.75) is 6.54 Å². The Labute approximate surface area is 153 Å². The number of ether oxygens (including phenoxy) is 1. The molecule has 2 heterocycles. The topological polar surface area (TPSA) is 58.6 Å². The maximum absolute atomic E-state index is 12.3. The zero-order valence-corrected chi connectivity index (χ0v) is 15.5. The molecule has 1 N–H and O–H groups in total. The maximum Gasteiger partial charge on any atom is 0.350 e. The van der Waals surface area contributed by atoms with E-state index in [1.54, 1.807) is 17.5 Å². The fraction of sp³-hybridized carbons (Fsp3) is 0.250. The van der Waals surface area contributed by atoms with E-state index in [2.05, 4.69) is 11.9 Å². The van der Waals surface area contributed by atoms with Crippen LogP contribution >= 0.6 is 34.3 Å². The Morgan fingerprint density at radius 3 is 2.83 bits per heavy atom. The molecule has 0 bridgehead atoms. The summed E-state index contributed by atoms with van der Waals surface area (Å²) < 4.78 is 5.42. The second-order valence-electron chi connectivity index (χ2n) is 4.87. The van der Waals surface area contributed by atoms with Gasteiger partial charge in [-0.2, -0.15) is 0 Å². The van der Waals surface area contributed by atoms with Gasteiger partial charge < -0.3 is 10.1 Å². The number of hydrogen-bond acceptors (Lipinski definition) is 6. The smallest absolute Gasteiger partial charge is 0.350 e. The first kappa shape index (κ1) is 18.7. The molecule has 1 amide bonds. The van der Waals surface area contributed by atoms with Crippen molar-refractivity contribution < 1.29 is 14.3 Å². The zero-order valence-electron chi connectivity index (χ0n) is 13.1. The maximum atomic E-state index is 12.3. The summed E-state index contributed by atoms with van der Waals surface area (Å²) in [6.45, 7) is 5.07. The van der Waals surface area contributed by atoms with E-state index in [1.165, 1.54) is 29.8 Å². The minimum Gasteiger partial charge on any atom is -0.465 e. The van der Waals surface area contributed by atoms with E-state index in [9.17, 15) is 9.59 Å². The van der Waals surface area contributed by atoms with E-state index in [-0.39, 0.29) is 12.5 Å². The molecule has 0 fully saturated rings. The summed E-state index contributed by atoms with van der Waals surface area (Å²) in [4.78, 5) is 27.3. The number of anilines is 1. The van der Waals surface area contributed by atoms with Gasteiger partial charge in [-0.25, -0.2) is 4.79 Å². The Morgan fingerprint density at radius 1 is 1.42 bits per heavy atom. The van der Waals surface area contributed by atoms with Gasteiger partial charge in [-0.05, 0) is 23.6 Å². The van der Waals surface area contributed by atoms with Crippen LogP contribution in [-0.4, -0.2) is 37.0 Å². The van der Waals surface area contributed by atoms with Crippen LogP contribution in [0.25, 0.3) is 0 Å². The standard InChI is InChI=1S/C16H17ClN2O3S2/c1-3-7-19(9-11-4-5-13(17)24-11)10-14(20)18-12-6-8-23-15(12)16(21)22-2/h3-6,8H,1,7,9-10H2,2H3,(H,18,20). The van der Waals surface area contributed by atoms with Gasteiger partial charge in [-0.3, -0.25) is 9.69 Å². The molecule has 0 aliphatic rings. The lowest BCUT2D eigenvalue weighted by Crippen LogP contribution is -2.33. The number of carbonyl (C=O) groups is 2. The number of hydrogen-bond donors (Lipinski definition) is 1. The number of rotatable bonds is 8. The van der Waals surface area contributed by atoms with Crippen LogP contribution in [0.4, 0.5) is 5.69 Å². The van der Waals surface area contributed by atoms with Crippen molar-refractivity contribution in [3.8, 4) is 0 Å². The average molecular weight is 385 g/mol. The highest BCUT2D eigenvalue weighted by Crippen LogP contribution is 2.24. The van der Waals surface area contributed by atoms with Gasteiger partial charge in [-0.1, -0.05) is 17.7 Å². The quantitative estimate of drug-likeness (QED) is 0.554. The second-order valence-corrected chi connectivity index (χ2v) is 7.58. The van der Waals surface area contributed by atoms with Crippen molar-refractivity contribution in [3.63, 3.8) is 0 Å². The summed E-state index contributed by atoms with van der Waals surface area (Å²) >= 11 is 8.65. The van der Waals surface area contributed by atoms with Gasteiger partial charge in [0, 0.05) is 18.0 Å². The van der Waals surface area contributed by atoms with Gasteiger partial charge in [0.25, 0.3) is 0 Å². The molecule has 2 aromatic rings. The minimum atomic E-state index is -0.462. The Hall–Kier alpha value is -1.67. The van der Waals surface area contributed by atoms with E-state index in [0.29, 0.717) is 28.0 Å². The summed E-state index contributed by atoms with van der Waals surface area (Å²) in [6.07, 6.45) is 1.74. The first-order valence-corrected chi connectivity index (χ1v) is 9.14. The molecule has 5 nitrogen and oxygen atoms in total. The molecular weight excluding hydrogens is 368 g/mol. The Morgan fingerprint density at radius 2 is 2.21 bits per heavy atom. The van der Waals surface area contributed by atoms with Crippen LogP contribution < -0.4 is 5.32 Å². The summed E-state index contributed by atoms with van der Waals surface area (Å²) in [7, 11) is 1.31. The number of nitrogens with zero attached hydrogens (tertiary/aromatic N) is 1. The molecule has 0 radical (unpaired) electrons. The predicted molar refractivity (Wildman–Crippen MR) is 99.1 cm³/mol. The normalized spacial score (nSPS) is 10.6. The lowest BCUT2D eigenvalue weighted by Gasteiger charge is -2.19. The zero-order chi connectivity index (χ0) is 17.5. The van der Waals surface area contributed by atoms with Gasteiger partial charge >= 0.3 is 5.97 Å². The third-order valence-corrected chi connectivity index (χ3v) is 5.18. The molecule has 8 heteroatoms. The first-order chi connectivity index (χ1) is 11.5. The van der Waals surface area contributed by atoms with Crippen LogP contribution in [-0.2, 0) is 16.1 Å². The molecule has 0 saturated heterocycles. The lowest BCUT2D eigenvalue weighted by molar-refractivity contribution is -0.117. The van der Waals surface area contributed by atoms with Gasteiger partial charge in [0.05, 0.1) is 23.7 Å². The van der Waals surface area contributed by atoms with E-state index < -0.39 is 5.97 Å². The molecular formula is C16H17ClN2O3S2. The largest absolute Gasteiger partial charge is 0.465 e. The van der Waals surface area contributed by atoms with E-state index in [4.69, 9.17) is 16.3 Å². The highest BCUT2D eigenvalue weighted by molar-refractivity contribution is 7.16. The predicted octanol–water partition coefficient (Wildman–Crippen LogP) is 3.88. The van der Waals surface area contributed by atoms with Crippen LogP contribution in [0.2, 0.25) is 4.34 Å². The van der Waals surface area contributed by atoms with Crippen molar-refractivity contribution in [3.05, 3.63) is 50.3 Å². The molecule has 0 aromatic carbocycles. The molecule has 0 aliphatic heterocycles. The number of esters is 1. The monoisotopic (exact) mass is 384 g/mol. The summed E-state index contributed by atoms with van der Waals surface area (Å²) in [5, 5.41) is 4.49. The number of amides is 1. The van der Waals surface area contributed by atoms with Gasteiger partial charge in [0.15, 0.2) is 0 Å². The van der Waals surface area contributed by atoms with Crippen LogP contribution in [0.3, 0.4) is 0 Å². The van der Waals surface area contributed by atoms with Crippen molar-refractivity contribution >= 4 is 51.8 Å². The molecule has 0 atom stereocenters. The van der Waals surface area contributed by atoms with Crippen LogP contribution in [0.15, 0.2) is 36.2 Å². The summed E-state index contributed by atoms with van der Waals surface area (Å²) in [5.74, 6) is -0.667. The third-order valence-electron chi connectivity index (χ3n) is 3.07. The van der Waals surface area contributed by atoms with Crippen LogP contribution in [0.5, 0.6) is 0 Å². The van der Waals surface area contributed by atoms with Gasteiger partial charge in [0.2, 0.25) is 5.91 Å². The molecule has 128 valence electrons. The van der Waals surface area contributed by atoms with Crippen LogP contribution in [0.1, 0.15) is 14.5 Å². The fourth-order valence-corrected chi connectivity index (χ4v) is 3.97. The number of thiophene rings is 2. The molecule has 2 aromatic heterocycles. The highest BCUT2D eigenvalue weighted by Gasteiger charge is 2.17. The number of halogens is 1. The SMILES string of the molecule is C=CCN(CC(=O)Nc1ccsc1C(=O)OC)Cc1ccc(Cl)s1. The fourth-order valence-electron chi connectivity index (χ4n) is 2.08. The average Bonchev–Trinajstić information content (AvgIpc) is 3.15. The Kier molecular flexibility index (Phi) is 6.99. The van der Waals surface area contributed by atoms with E-state index >= 15 is 0 Å². The van der Waals surface area contributed by atoms with Crippen molar-refractivity contribution in [1.29, 1.82) is 0 Å². The first-order valence-electron chi connectivity index (χ1n) is 7.06. The molecule has 0 spiro atoms. The van der Waals surface area contributed by atoms with E-state index in [0.717, 1.165) is 4.88 Å². The Balaban J connectivity index is 1.99. The third kappa shape index (κ3) is 5.17. The summed E-state index contributed by atoms with van der Waals surface area (Å²) in [6, 6.07) is 5.46. The minimum absolute atomic E-state index is 0.179. The molecule has 0 aliphatic carbocycles. The second kappa shape index (κ2) is 8.98. The van der Waals surface area contributed by atoms with Crippen molar-refractivity contribution in [2.24, 2.45) is 0 Å². The molecule has 24 heavy (non-hydrogen) atoms. The van der Waals surface area contributed by atoms with E-state index in [1.807, 2.05) is 17.0 Å². The van der Waals surface area contributed by atoms with Gasteiger partial charge in [0.1, 0.15) is 4.88 Å². The number of nitrogens with one attached hydrogen (secondary N) is 1. The van der Waals surface area contributed by atoms with Gasteiger partial charge in [-0.15, -0.1) is 29.3 Å². The Bertz CT molecular complexity index is 726. The molecule has 0 unspecified atom stereocenters. The van der Waals surface area contributed by atoms with Crippen LogP contribution in [0, 0.1) is 0 Å². The number of methoxy groups -OCH3 is 1. The van der Waals surface area contributed by atoms with Crippen molar-refractivity contribution in [2.75, 3.05) is 25.5 Å². The number of carbonyl (C=O) groups excluding carboxylic acids is 2.